The molecule has 0 saturated carbocycles. The normalized spacial score (nSPS) is 13.1. The van der Waals surface area contributed by atoms with E-state index in [-0.39, 0.29) is 0 Å². The molecule has 174 valence electrons. The van der Waals surface area contributed by atoms with Gasteiger partial charge in [-0.25, -0.2) is 0 Å². The number of para-hydroxylation sites is 1. The van der Waals surface area contributed by atoms with Crippen molar-refractivity contribution >= 4 is 44.5 Å². The van der Waals surface area contributed by atoms with Crippen LogP contribution in [0.4, 0.5) is 5.69 Å². The Labute approximate surface area is 219 Å². The first-order valence-electron chi connectivity index (χ1n) is 12.1. The number of aryl methyl sites for hydroxylation is 3. The Hall–Kier alpha value is -3.15. The van der Waals surface area contributed by atoms with E-state index in [1.54, 1.807) is 0 Å². The number of imidazole rings is 1. The van der Waals surface area contributed by atoms with Crippen LogP contribution in [0.15, 0.2) is 89.5 Å². The maximum atomic E-state index is 6.13. The second-order valence-electron chi connectivity index (χ2n) is 9.16. The van der Waals surface area contributed by atoms with Crippen molar-refractivity contribution in [2.24, 2.45) is 0 Å². The first-order chi connectivity index (χ1) is 17.1. The van der Waals surface area contributed by atoms with Crippen molar-refractivity contribution in [1.82, 2.24) is 8.97 Å². The molecule has 5 aromatic rings. The van der Waals surface area contributed by atoms with Gasteiger partial charge in [0.1, 0.15) is 10.6 Å². The second-order valence-corrected chi connectivity index (χ2v) is 10.5. The summed E-state index contributed by atoms with van der Waals surface area (Å²) in [5.41, 5.74) is 10.9. The fourth-order valence-electron chi connectivity index (χ4n) is 5.27. The zero-order valence-electron chi connectivity index (χ0n) is 19.6. The standard InChI is InChI=1S/C30H26BrN3S/c1-20-9-5-6-13-25(20)32-29(35)28-27(22-10-3-2-4-11-22)24-12-7-8-18-33-26(19-34(28)30(24)33)21-14-16-23(31)17-15-21/h2-6,9-11,13-17,19H,7-8,12,18H2,1H3,(H,32,35). The van der Waals surface area contributed by atoms with Gasteiger partial charge in [-0.05, 0) is 61.1 Å². The predicted octanol–water partition coefficient (Wildman–Crippen LogP) is 8.27. The number of thiocarbonyl (C=S) groups is 1. The Morgan fingerprint density at radius 3 is 2.40 bits per heavy atom. The van der Waals surface area contributed by atoms with Crippen LogP contribution in [0.1, 0.15) is 29.7 Å². The molecule has 0 unspecified atom stereocenters. The number of hydrogen-bond acceptors (Lipinski definition) is 1. The van der Waals surface area contributed by atoms with Crippen LogP contribution in [-0.4, -0.2) is 14.0 Å². The summed E-state index contributed by atoms with van der Waals surface area (Å²) in [4.78, 5) is 0.750. The molecule has 2 aromatic heterocycles. The van der Waals surface area contributed by atoms with Crippen LogP contribution in [0.3, 0.4) is 0 Å². The van der Waals surface area contributed by atoms with Crippen molar-refractivity contribution in [2.45, 2.75) is 32.7 Å². The average Bonchev–Trinajstić information content (AvgIpc) is 3.29. The maximum absolute atomic E-state index is 6.13. The summed E-state index contributed by atoms with van der Waals surface area (Å²) in [7, 11) is 0. The first-order valence-corrected chi connectivity index (χ1v) is 13.3. The molecule has 3 heterocycles. The van der Waals surface area contributed by atoms with E-state index in [2.05, 4.69) is 122 Å². The van der Waals surface area contributed by atoms with E-state index in [0.29, 0.717) is 0 Å². The highest BCUT2D eigenvalue weighted by Crippen LogP contribution is 2.40. The van der Waals surface area contributed by atoms with Gasteiger partial charge in [0.25, 0.3) is 0 Å². The Kier molecular flexibility index (Phi) is 5.83. The zero-order chi connectivity index (χ0) is 23.9. The molecule has 1 aliphatic heterocycles. The van der Waals surface area contributed by atoms with E-state index in [4.69, 9.17) is 12.2 Å². The smallest absolute Gasteiger partial charge is 0.128 e. The molecule has 5 heteroatoms. The summed E-state index contributed by atoms with van der Waals surface area (Å²) in [5.74, 6) is 0. The predicted molar refractivity (Wildman–Crippen MR) is 153 cm³/mol. The van der Waals surface area contributed by atoms with Crippen molar-refractivity contribution in [3.05, 3.63) is 106 Å². The summed E-state index contributed by atoms with van der Waals surface area (Å²) in [6, 6.07) is 27.6. The Morgan fingerprint density at radius 1 is 0.886 bits per heavy atom. The summed E-state index contributed by atoms with van der Waals surface area (Å²) in [6.45, 7) is 3.12. The molecule has 0 atom stereocenters. The van der Waals surface area contributed by atoms with Gasteiger partial charge in [-0.1, -0.05) is 88.8 Å². The minimum atomic E-state index is 0.750. The zero-order valence-corrected chi connectivity index (χ0v) is 22.0. The SMILES string of the molecule is Cc1ccccc1NC(=S)c1c(-c2ccccc2)c2c3n(c(-c4ccc(Br)cc4)cn13)CCCC2. The van der Waals surface area contributed by atoms with Crippen LogP contribution in [-0.2, 0) is 13.0 Å². The molecule has 0 aliphatic carbocycles. The topological polar surface area (TPSA) is 21.4 Å². The number of halogens is 1. The minimum Gasteiger partial charge on any atom is -0.345 e. The molecule has 0 saturated heterocycles. The van der Waals surface area contributed by atoms with Crippen molar-refractivity contribution in [3.63, 3.8) is 0 Å². The highest BCUT2D eigenvalue weighted by molar-refractivity contribution is 9.10. The first kappa shape index (κ1) is 22.3. The molecule has 3 aromatic carbocycles. The number of hydrogen-bond donors (Lipinski definition) is 1. The second kappa shape index (κ2) is 9.14. The Morgan fingerprint density at radius 2 is 1.63 bits per heavy atom. The van der Waals surface area contributed by atoms with Gasteiger partial charge in [0, 0.05) is 34.0 Å². The van der Waals surface area contributed by atoms with Gasteiger partial charge < -0.3 is 9.88 Å². The van der Waals surface area contributed by atoms with Gasteiger partial charge in [0.2, 0.25) is 0 Å². The van der Waals surface area contributed by atoms with E-state index in [9.17, 15) is 0 Å². The van der Waals surface area contributed by atoms with Crippen molar-refractivity contribution in [1.29, 1.82) is 0 Å². The number of rotatable bonds is 4. The number of aromatic nitrogens is 2. The van der Waals surface area contributed by atoms with Gasteiger partial charge in [-0.15, -0.1) is 0 Å². The minimum absolute atomic E-state index is 0.750. The van der Waals surface area contributed by atoms with Gasteiger partial charge >= 0.3 is 0 Å². The Balaban J connectivity index is 1.61. The number of nitrogens with zero attached hydrogens (tertiary/aromatic N) is 2. The van der Waals surface area contributed by atoms with Crippen LogP contribution in [0.5, 0.6) is 0 Å². The van der Waals surface area contributed by atoms with Crippen LogP contribution < -0.4 is 5.32 Å². The van der Waals surface area contributed by atoms with Gasteiger partial charge in [0.15, 0.2) is 0 Å². The van der Waals surface area contributed by atoms with Crippen molar-refractivity contribution in [3.8, 4) is 22.4 Å². The third-order valence-electron chi connectivity index (χ3n) is 6.94. The lowest BCUT2D eigenvalue weighted by atomic mass is 9.98. The van der Waals surface area contributed by atoms with E-state index in [0.717, 1.165) is 40.2 Å². The lowest BCUT2D eigenvalue weighted by molar-refractivity contribution is 0.647. The highest BCUT2D eigenvalue weighted by atomic mass is 79.9. The molecule has 0 amide bonds. The summed E-state index contributed by atoms with van der Waals surface area (Å²) in [6.07, 6.45) is 5.65. The molecule has 1 aliphatic rings. The largest absolute Gasteiger partial charge is 0.345 e. The van der Waals surface area contributed by atoms with Crippen molar-refractivity contribution in [2.75, 3.05) is 5.32 Å². The quantitative estimate of drug-likeness (QED) is 0.232. The third kappa shape index (κ3) is 3.93. The molecule has 0 radical (unpaired) electrons. The fraction of sp³-hybridized carbons (Fsp3) is 0.167. The van der Waals surface area contributed by atoms with E-state index >= 15 is 0 Å². The van der Waals surface area contributed by atoms with Crippen molar-refractivity contribution < 1.29 is 0 Å². The highest BCUT2D eigenvalue weighted by Gasteiger charge is 2.28. The van der Waals surface area contributed by atoms with E-state index < -0.39 is 0 Å². The molecule has 0 bridgehead atoms. The van der Waals surface area contributed by atoms with Gasteiger partial charge in [-0.3, -0.25) is 4.40 Å². The van der Waals surface area contributed by atoms with Crippen LogP contribution in [0.2, 0.25) is 0 Å². The maximum Gasteiger partial charge on any atom is 0.128 e. The average molecular weight is 541 g/mol. The molecule has 3 nitrogen and oxygen atoms in total. The lowest BCUT2D eigenvalue weighted by Gasteiger charge is -2.13. The molecular formula is C30H26BrN3S. The summed E-state index contributed by atoms with van der Waals surface area (Å²) in [5, 5.41) is 3.57. The van der Waals surface area contributed by atoms with Crippen LogP contribution in [0.25, 0.3) is 28.0 Å². The van der Waals surface area contributed by atoms with E-state index in [1.807, 2.05) is 0 Å². The van der Waals surface area contributed by atoms with Crippen LogP contribution >= 0.6 is 28.1 Å². The van der Waals surface area contributed by atoms with E-state index in [1.165, 1.54) is 45.6 Å². The summed E-state index contributed by atoms with van der Waals surface area (Å²) < 4.78 is 5.93. The van der Waals surface area contributed by atoms with Crippen LogP contribution in [0, 0.1) is 6.92 Å². The molecule has 0 fully saturated rings. The molecule has 1 N–H and O–H groups in total. The number of anilines is 1. The lowest BCUT2D eigenvalue weighted by Crippen LogP contribution is -2.14. The fourth-order valence-corrected chi connectivity index (χ4v) is 5.85. The van der Waals surface area contributed by atoms with Gasteiger partial charge in [0.05, 0.1) is 11.4 Å². The molecule has 35 heavy (non-hydrogen) atoms. The third-order valence-corrected chi connectivity index (χ3v) is 7.77. The number of benzene rings is 3. The molecular weight excluding hydrogens is 514 g/mol. The van der Waals surface area contributed by atoms with Gasteiger partial charge in [-0.2, -0.15) is 0 Å². The number of nitrogens with one attached hydrogen (secondary N) is 1. The molecule has 0 spiro atoms. The molecule has 6 rings (SSSR count). The summed E-state index contributed by atoms with van der Waals surface area (Å²) >= 11 is 9.71. The monoisotopic (exact) mass is 539 g/mol. The Bertz CT molecular complexity index is 1540.